The van der Waals surface area contributed by atoms with Crippen LogP contribution < -0.4 is 10.1 Å². The molecule has 6 heteroatoms. The van der Waals surface area contributed by atoms with E-state index in [0.29, 0.717) is 12.4 Å². The van der Waals surface area contributed by atoms with E-state index < -0.39 is 24.3 Å². The highest BCUT2D eigenvalue weighted by Gasteiger charge is 2.10. The van der Waals surface area contributed by atoms with Crippen LogP contribution >= 0.6 is 0 Å². The van der Waals surface area contributed by atoms with Gasteiger partial charge in [0.1, 0.15) is 18.2 Å². The van der Waals surface area contributed by atoms with E-state index in [9.17, 15) is 14.0 Å². The molecule has 1 amide bonds. The maximum absolute atomic E-state index is 13.0. The zero-order valence-corrected chi connectivity index (χ0v) is 12.3. The number of carbonyl (C=O) groups excluding carboxylic acids is 2. The van der Waals surface area contributed by atoms with Crippen molar-refractivity contribution in [2.75, 3.05) is 19.8 Å². The normalized spacial score (nSPS) is 9.96. The summed E-state index contributed by atoms with van der Waals surface area (Å²) in [5.74, 6) is -1.03. The molecule has 0 spiro atoms. The summed E-state index contributed by atoms with van der Waals surface area (Å²) in [7, 11) is 0. The second kappa shape index (κ2) is 8.53. The lowest BCUT2D eigenvalue weighted by Gasteiger charge is -2.08. The summed E-state index contributed by atoms with van der Waals surface area (Å²) >= 11 is 0. The summed E-state index contributed by atoms with van der Waals surface area (Å²) in [5, 5.41) is 2.56. The van der Waals surface area contributed by atoms with Crippen LogP contribution in [0.4, 0.5) is 4.39 Å². The second-order valence-electron chi connectivity index (χ2n) is 4.60. The lowest BCUT2D eigenvalue weighted by atomic mass is 10.2. The van der Waals surface area contributed by atoms with Crippen molar-refractivity contribution < 1.29 is 23.5 Å². The molecule has 2 aromatic carbocycles. The van der Waals surface area contributed by atoms with E-state index in [2.05, 4.69) is 5.32 Å². The number of halogens is 1. The van der Waals surface area contributed by atoms with Crippen LogP contribution in [0.15, 0.2) is 54.6 Å². The molecule has 23 heavy (non-hydrogen) atoms. The maximum atomic E-state index is 13.0. The van der Waals surface area contributed by atoms with Crippen molar-refractivity contribution in [1.82, 2.24) is 5.32 Å². The molecule has 1 N–H and O–H groups in total. The fourth-order valence-corrected chi connectivity index (χ4v) is 1.76. The molecule has 0 aliphatic heterocycles. The van der Waals surface area contributed by atoms with Gasteiger partial charge >= 0.3 is 5.97 Å². The maximum Gasteiger partial charge on any atom is 0.338 e. The molecule has 2 aromatic rings. The predicted molar refractivity (Wildman–Crippen MR) is 81.6 cm³/mol. The smallest absolute Gasteiger partial charge is 0.338 e. The number of hydrogen-bond acceptors (Lipinski definition) is 4. The van der Waals surface area contributed by atoms with Crippen LogP contribution in [0.3, 0.4) is 0 Å². The number of carbonyl (C=O) groups is 2. The third kappa shape index (κ3) is 5.78. The summed E-state index contributed by atoms with van der Waals surface area (Å²) in [6.45, 7) is 0.152. The molecule has 0 heterocycles. The third-order valence-corrected chi connectivity index (χ3v) is 2.83. The van der Waals surface area contributed by atoms with Crippen LogP contribution in [0.2, 0.25) is 0 Å². The first-order valence-corrected chi connectivity index (χ1v) is 7.02. The molecule has 0 saturated heterocycles. The van der Waals surface area contributed by atoms with Gasteiger partial charge in [-0.05, 0) is 30.3 Å². The summed E-state index contributed by atoms with van der Waals surface area (Å²) in [4.78, 5) is 23.2. The van der Waals surface area contributed by atoms with Crippen LogP contribution in [-0.2, 0) is 9.53 Å². The molecule has 5 nitrogen and oxygen atoms in total. The Bertz CT molecular complexity index is 661. The Labute approximate surface area is 133 Å². The first-order chi connectivity index (χ1) is 11.1. The van der Waals surface area contributed by atoms with Gasteiger partial charge in [-0.25, -0.2) is 9.18 Å². The van der Waals surface area contributed by atoms with Crippen molar-refractivity contribution >= 4 is 11.9 Å². The van der Waals surface area contributed by atoms with E-state index in [1.807, 2.05) is 30.3 Å². The van der Waals surface area contributed by atoms with Crippen molar-refractivity contribution in [3.8, 4) is 5.75 Å². The van der Waals surface area contributed by atoms with E-state index in [0.717, 1.165) is 6.07 Å². The van der Waals surface area contributed by atoms with Crippen LogP contribution in [0.25, 0.3) is 0 Å². The molecule has 0 fully saturated rings. The lowest BCUT2D eigenvalue weighted by Crippen LogP contribution is -2.32. The molecule has 0 aliphatic carbocycles. The number of amides is 1. The Hall–Kier alpha value is -2.89. The molecular formula is C17H16FNO4. The fraction of sp³-hybridized carbons (Fsp3) is 0.176. The number of benzene rings is 2. The predicted octanol–water partition coefficient (Wildman–Crippen LogP) is 2.18. The minimum absolute atomic E-state index is 0.0604. The van der Waals surface area contributed by atoms with Gasteiger partial charge < -0.3 is 14.8 Å². The van der Waals surface area contributed by atoms with Crippen LogP contribution in [0.5, 0.6) is 5.75 Å². The Morgan fingerprint density at radius 1 is 1.04 bits per heavy atom. The van der Waals surface area contributed by atoms with Crippen molar-refractivity contribution in [3.63, 3.8) is 0 Å². The quantitative estimate of drug-likeness (QED) is 0.628. The average molecular weight is 317 g/mol. The highest BCUT2D eigenvalue weighted by Crippen LogP contribution is 2.07. The van der Waals surface area contributed by atoms with E-state index in [1.54, 1.807) is 0 Å². The van der Waals surface area contributed by atoms with Gasteiger partial charge in [-0.2, -0.15) is 0 Å². The standard InChI is InChI=1S/C17H16FNO4/c18-14-6-4-5-13(11-14)17(21)23-12-16(20)19-9-10-22-15-7-2-1-3-8-15/h1-8,11H,9-10,12H2,(H,19,20). The minimum Gasteiger partial charge on any atom is -0.492 e. The highest BCUT2D eigenvalue weighted by atomic mass is 19.1. The molecule has 0 aromatic heterocycles. The minimum atomic E-state index is -0.750. The SMILES string of the molecule is O=C(COC(=O)c1cccc(F)c1)NCCOc1ccccc1. The molecule has 0 bridgehead atoms. The fourth-order valence-electron chi connectivity index (χ4n) is 1.76. The topological polar surface area (TPSA) is 64.6 Å². The van der Waals surface area contributed by atoms with Gasteiger partial charge in [0.25, 0.3) is 5.91 Å². The van der Waals surface area contributed by atoms with Crippen molar-refractivity contribution in [2.24, 2.45) is 0 Å². The van der Waals surface area contributed by atoms with Gasteiger partial charge in [-0.3, -0.25) is 4.79 Å². The Morgan fingerprint density at radius 2 is 1.83 bits per heavy atom. The zero-order chi connectivity index (χ0) is 16.5. The first-order valence-electron chi connectivity index (χ1n) is 7.02. The highest BCUT2D eigenvalue weighted by molar-refractivity contribution is 5.91. The first kappa shape index (κ1) is 16.5. The van der Waals surface area contributed by atoms with Gasteiger partial charge in [0, 0.05) is 0 Å². The number of esters is 1. The molecular weight excluding hydrogens is 301 g/mol. The number of hydrogen-bond donors (Lipinski definition) is 1. The van der Waals surface area contributed by atoms with Gasteiger partial charge in [0.2, 0.25) is 0 Å². The number of rotatable bonds is 7. The van der Waals surface area contributed by atoms with Crippen molar-refractivity contribution in [3.05, 3.63) is 66.0 Å². The number of ether oxygens (including phenoxy) is 2. The largest absolute Gasteiger partial charge is 0.492 e. The van der Waals surface area contributed by atoms with Gasteiger partial charge in [-0.1, -0.05) is 24.3 Å². The van der Waals surface area contributed by atoms with E-state index in [-0.39, 0.29) is 12.1 Å². The molecule has 0 saturated carbocycles. The van der Waals surface area contributed by atoms with Crippen LogP contribution in [-0.4, -0.2) is 31.6 Å². The molecule has 0 radical (unpaired) electrons. The van der Waals surface area contributed by atoms with E-state index in [1.165, 1.54) is 18.2 Å². The van der Waals surface area contributed by atoms with Crippen molar-refractivity contribution in [2.45, 2.75) is 0 Å². The van der Waals surface area contributed by atoms with Gasteiger partial charge in [-0.15, -0.1) is 0 Å². The average Bonchev–Trinajstić information content (AvgIpc) is 2.57. The summed E-state index contributed by atoms with van der Waals surface area (Å²) in [5.41, 5.74) is 0.0604. The van der Waals surface area contributed by atoms with Crippen LogP contribution in [0.1, 0.15) is 10.4 Å². The molecule has 120 valence electrons. The number of nitrogens with one attached hydrogen (secondary N) is 1. The zero-order valence-electron chi connectivity index (χ0n) is 12.3. The summed E-state index contributed by atoms with van der Waals surface area (Å²) < 4.78 is 23.2. The second-order valence-corrected chi connectivity index (χ2v) is 4.60. The Balaban J connectivity index is 1.64. The molecule has 0 unspecified atom stereocenters. The van der Waals surface area contributed by atoms with Gasteiger partial charge in [0.05, 0.1) is 12.1 Å². The summed E-state index contributed by atoms with van der Waals surface area (Å²) in [6.07, 6.45) is 0. The monoisotopic (exact) mass is 317 g/mol. The van der Waals surface area contributed by atoms with Crippen LogP contribution in [0, 0.1) is 5.82 Å². The number of para-hydroxylation sites is 1. The van der Waals surface area contributed by atoms with Gasteiger partial charge in [0.15, 0.2) is 6.61 Å². The Kier molecular flexibility index (Phi) is 6.11. The summed E-state index contributed by atoms with van der Waals surface area (Å²) in [6, 6.07) is 14.3. The molecule has 2 rings (SSSR count). The lowest BCUT2D eigenvalue weighted by molar-refractivity contribution is -0.124. The molecule has 0 aliphatic rings. The van der Waals surface area contributed by atoms with Crippen molar-refractivity contribution in [1.29, 1.82) is 0 Å². The van der Waals surface area contributed by atoms with E-state index in [4.69, 9.17) is 9.47 Å². The van der Waals surface area contributed by atoms with E-state index >= 15 is 0 Å². The molecule has 0 atom stereocenters. The third-order valence-electron chi connectivity index (χ3n) is 2.83. The Morgan fingerprint density at radius 3 is 2.57 bits per heavy atom.